The molecule has 2 bridgehead atoms. The van der Waals surface area contributed by atoms with Gasteiger partial charge in [0.15, 0.2) is 0 Å². The number of carbonyl (C=O) groups is 2. The second-order valence-electron chi connectivity index (χ2n) is 8.53. The number of benzene rings is 2. The smallest absolute Gasteiger partial charge is 0.269 e. The summed E-state index contributed by atoms with van der Waals surface area (Å²) in [4.78, 5) is 38.4. The summed E-state index contributed by atoms with van der Waals surface area (Å²) in [5.41, 5.74) is 1.08. The number of nitro groups is 1. The van der Waals surface area contributed by atoms with Crippen LogP contribution in [-0.2, 0) is 9.59 Å². The largest absolute Gasteiger partial charge is 0.274 e. The molecule has 162 valence electrons. The fourth-order valence-corrected chi connectivity index (χ4v) is 6.21. The number of hydrogen-bond donors (Lipinski definition) is 0. The fraction of sp³-hybridized carbons (Fsp3) is 0.333. The van der Waals surface area contributed by atoms with Gasteiger partial charge in [-0.1, -0.05) is 28.4 Å². The maximum Gasteiger partial charge on any atom is 0.269 e. The van der Waals surface area contributed by atoms with Crippen molar-refractivity contribution in [3.8, 4) is 0 Å². The van der Waals surface area contributed by atoms with E-state index in [2.05, 4.69) is 10.3 Å². The van der Waals surface area contributed by atoms with Gasteiger partial charge in [-0.15, -0.1) is 0 Å². The minimum Gasteiger partial charge on any atom is -0.274 e. The van der Waals surface area contributed by atoms with E-state index in [4.69, 9.17) is 23.2 Å². The summed E-state index contributed by atoms with van der Waals surface area (Å²) < 4.78 is 0. The second kappa shape index (κ2) is 6.73. The molecule has 32 heavy (non-hydrogen) atoms. The molecule has 2 aliphatic carbocycles. The minimum absolute atomic E-state index is 0.0109. The number of hydrogen-bond acceptors (Lipinski definition) is 7. The van der Waals surface area contributed by atoms with Crippen molar-refractivity contribution in [2.45, 2.75) is 18.5 Å². The molecule has 2 aromatic carbocycles. The highest BCUT2D eigenvalue weighted by Gasteiger charge is 2.70. The van der Waals surface area contributed by atoms with Crippen molar-refractivity contribution in [3.05, 3.63) is 62.6 Å². The topological polar surface area (TPSA) is 108 Å². The Kier molecular flexibility index (Phi) is 4.13. The highest BCUT2D eigenvalue weighted by atomic mass is 35.5. The molecule has 0 unspecified atom stereocenters. The van der Waals surface area contributed by atoms with Crippen LogP contribution in [0.15, 0.2) is 52.8 Å². The molecule has 2 amide bonds. The molecule has 0 aromatic heterocycles. The molecule has 9 nitrogen and oxygen atoms in total. The molecular weight excluding hydrogens is 457 g/mol. The highest BCUT2D eigenvalue weighted by Crippen LogP contribution is 2.60. The first-order chi connectivity index (χ1) is 15.4. The third kappa shape index (κ3) is 2.52. The van der Waals surface area contributed by atoms with Crippen molar-refractivity contribution < 1.29 is 14.5 Å². The Hall–Kier alpha value is -3.04. The minimum atomic E-state index is -0.458. The van der Waals surface area contributed by atoms with Gasteiger partial charge < -0.3 is 0 Å². The zero-order valence-electron chi connectivity index (χ0n) is 16.3. The summed E-state index contributed by atoms with van der Waals surface area (Å²) in [6.07, 6.45) is 0.722. The van der Waals surface area contributed by atoms with Gasteiger partial charge in [-0.25, -0.2) is 9.91 Å². The van der Waals surface area contributed by atoms with Crippen LogP contribution in [0.5, 0.6) is 0 Å². The van der Waals surface area contributed by atoms with E-state index in [0.717, 1.165) is 6.42 Å². The summed E-state index contributed by atoms with van der Waals surface area (Å²) in [6, 6.07) is 10.5. The van der Waals surface area contributed by atoms with E-state index in [1.807, 2.05) is 0 Å². The van der Waals surface area contributed by atoms with Gasteiger partial charge in [-0.2, -0.15) is 5.11 Å². The number of halogens is 2. The first-order valence-corrected chi connectivity index (χ1v) is 10.9. The van der Waals surface area contributed by atoms with Gasteiger partial charge in [-0.3, -0.25) is 19.7 Å². The Balaban J connectivity index is 1.32. The second-order valence-corrected chi connectivity index (χ2v) is 9.34. The number of fused-ring (bicyclic) bond motifs is 8. The lowest BCUT2D eigenvalue weighted by Crippen LogP contribution is -2.47. The standard InChI is InChI=1S/C21H15Cl2N5O4/c22-14-6-5-11(7-15(14)23)26-20(29)16-12-8-13(17(16)21(26)30)19-18(12)24-25-27(19)9-1-3-10(4-2-9)28(31)32/h1-7,12-13,16-19H,8H2/t12-,13+,16-,17+,18-,19+/m0/s1. The summed E-state index contributed by atoms with van der Waals surface area (Å²) in [7, 11) is 0. The molecule has 2 heterocycles. The van der Waals surface area contributed by atoms with Gasteiger partial charge >= 0.3 is 0 Å². The first-order valence-electron chi connectivity index (χ1n) is 10.1. The predicted octanol–water partition coefficient (Wildman–Crippen LogP) is 4.28. The summed E-state index contributed by atoms with van der Waals surface area (Å²) in [6.45, 7) is 0. The molecular formula is C21H15Cl2N5O4. The molecule has 2 saturated carbocycles. The van der Waals surface area contributed by atoms with E-state index in [-0.39, 0.29) is 46.4 Å². The quantitative estimate of drug-likeness (QED) is 0.376. The monoisotopic (exact) mass is 471 g/mol. The number of amides is 2. The van der Waals surface area contributed by atoms with Gasteiger partial charge in [0.1, 0.15) is 0 Å². The summed E-state index contributed by atoms with van der Waals surface area (Å²) in [5.74, 6) is -1.52. The molecule has 0 spiro atoms. The average Bonchev–Trinajstić information content (AvgIpc) is 3.50. The lowest BCUT2D eigenvalue weighted by atomic mass is 9.76. The highest BCUT2D eigenvalue weighted by molar-refractivity contribution is 6.42. The van der Waals surface area contributed by atoms with Crippen molar-refractivity contribution in [1.29, 1.82) is 0 Å². The van der Waals surface area contributed by atoms with Crippen LogP contribution in [0.3, 0.4) is 0 Å². The Morgan fingerprint density at radius 2 is 1.59 bits per heavy atom. The zero-order valence-corrected chi connectivity index (χ0v) is 17.8. The number of non-ortho nitro benzene ring substituents is 1. The van der Waals surface area contributed by atoms with Gasteiger partial charge in [0.05, 0.1) is 50.3 Å². The molecule has 1 saturated heterocycles. The van der Waals surface area contributed by atoms with Gasteiger partial charge in [-0.05, 0) is 48.6 Å². The first kappa shape index (κ1) is 19.6. The summed E-state index contributed by atoms with van der Waals surface area (Å²) in [5, 5.41) is 22.1. The molecule has 6 atom stereocenters. The number of nitrogens with zero attached hydrogens (tertiary/aromatic N) is 5. The van der Waals surface area contributed by atoms with Crippen LogP contribution in [0.2, 0.25) is 10.0 Å². The van der Waals surface area contributed by atoms with E-state index >= 15 is 0 Å². The number of nitro benzene ring substituents is 1. The van der Waals surface area contributed by atoms with E-state index in [9.17, 15) is 19.7 Å². The van der Waals surface area contributed by atoms with E-state index < -0.39 is 16.8 Å². The van der Waals surface area contributed by atoms with Gasteiger partial charge in [0.2, 0.25) is 11.8 Å². The molecule has 2 aromatic rings. The van der Waals surface area contributed by atoms with Crippen LogP contribution in [0, 0.1) is 33.8 Å². The van der Waals surface area contributed by atoms with Crippen molar-refractivity contribution in [1.82, 2.24) is 0 Å². The normalized spacial score (nSPS) is 32.1. The SMILES string of the molecule is O=C1[C@@H]2[C@H]3C[C@H]([C@@H]4N=NN(c5ccc([N+](=O)[O-])cc5)[C@H]34)[C@@H]2C(=O)N1c1ccc(Cl)c(Cl)c1. The summed E-state index contributed by atoms with van der Waals surface area (Å²) >= 11 is 12.1. The molecule has 3 fully saturated rings. The number of rotatable bonds is 3. The van der Waals surface area contributed by atoms with Crippen LogP contribution in [0.25, 0.3) is 0 Å². The zero-order chi connectivity index (χ0) is 22.3. The van der Waals surface area contributed by atoms with Crippen molar-refractivity contribution >= 4 is 52.1 Å². The van der Waals surface area contributed by atoms with Crippen LogP contribution in [0.1, 0.15) is 6.42 Å². The lowest BCUT2D eigenvalue weighted by molar-refractivity contribution is -0.384. The number of imide groups is 1. The van der Waals surface area contributed by atoms with E-state index in [0.29, 0.717) is 16.4 Å². The molecule has 11 heteroatoms. The Labute approximate surface area is 191 Å². The number of carbonyl (C=O) groups excluding carboxylic acids is 2. The number of anilines is 2. The van der Waals surface area contributed by atoms with Crippen LogP contribution in [-0.4, -0.2) is 28.8 Å². The van der Waals surface area contributed by atoms with Gasteiger partial charge in [0.25, 0.3) is 5.69 Å². The Morgan fingerprint density at radius 3 is 2.25 bits per heavy atom. The van der Waals surface area contributed by atoms with Crippen molar-refractivity contribution in [2.24, 2.45) is 34.0 Å². The molecule has 4 aliphatic rings. The Morgan fingerprint density at radius 1 is 0.938 bits per heavy atom. The molecule has 6 rings (SSSR count). The lowest BCUT2D eigenvalue weighted by Gasteiger charge is -2.33. The Bertz CT molecular complexity index is 1220. The van der Waals surface area contributed by atoms with Crippen molar-refractivity contribution in [2.75, 3.05) is 9.91 Å². The molecule has 0 radical (unpaired) electrons. The molecule has 2 aliphatic heterocycles. The van der Waals surface area contributed by atoms with E-state index in [1.54, 1.807) is 29.3 Å². The average molecular weight is 472 g/mol. The van der Waals surface area contributed by atoms with Crippen molar-refractivity contribution in [3.63, 3.8) is 0 Å². The predicted molar refractivity (Wildman–Crippen MR) is 116 cm³/mol. The van der Waals surface area contributed by atoms with Gasteiger partial charge in [0, 0.05) is 12.1 Å². The maximum absolute atomic E-state index is 13.4. The third-order valence-corrected chi connectivity index (χ3v) is 7.88. The third-order valence-electron chi connectivity index (χ3n) is 7.14. The van der Waals surface area contributed by atoms with Crippen LogP contribution < -0.4 is 9.91 Å². The molecule has 0 N–H and O–H groups in total. The fourth-order valence-electron chi connectivity index (χ4n) is 5.91. The van der Waals surface area contributed by atoms with E-state index in [1.165, 1.54) is 23.1 Å². The maximum atomic E-state index is 13.4. The van der Waals surface area contributed by atoms with Crippen LogP contribution in [0.4, 0.5) is 17.1 Å². The van der Waals surface area contributed by atoms with Crippen LogP contribution >= 0.6 is 23.2 Å².